The first-order chi connectivity index (χ1) is 18.7. The maximum atomic E-state index is 14.0. The van der Waals surface area contributed by atoms with Crippen molar-refractivity contribution in [1.29, 1.82) is 0 Å². The first-order valence-corrected chi connectivity index (χ1v) is 13.2. The Labute approximate surface area is 220 Å². The van der Waals surface area contributed by atoms with E-state index in [9.17, 15) is 4.79 Å². The Morgan fingerprint density at radius 3 is 2.47 bits per heavy atom. The molecule has 0 unspecified atom stereocenters. The van der Waals surface area contributed by atoms with E-state index >= 15 is 0 Å². The predicted molar refractivity (Wildman–Crippen MR) is 152 cm³/mol. The van der Waals surface area contributed by atoms with E-state index in [1.54, 1.807) is 7.11 Å². The summed E-state index contributed by atoms with van der Waals surface area (Å²) < 4.78 is 9.27. The summed E-state index contributed by atoms with van der Waals surface area (Å²) in [6.45, 7) is 0.486. The second-order valence-corrected chi connectivity index (χ2v) is 10.2. The van der Waals surface area contributed by atoms with Gasteiger partial charge in [-0.2, -0.15) is 0 Å². The zero-order valence-electron chi connectivity index (χ0n) is 21.3. The Hall–Kier alpha value is -4.45. The molecule has 1 aliphatic rings. The van der Waals surface area contributed by atoms with Gasteiger partial charge in [0, 0.05) is 28.6 Å². The lowest BCUT2D eigenvalue weighted by molar-refractivity contribution is 0.414. The molecule has 7 rings (SSSR count). The molecule has 6 aromatic rings. The Morgan fingerprint density at radius 1 is 0.868 bits per heavy atom. The maximum absolute atomic E-state index is 14.0. The van der Waals surface area contributed by atoms with Crippen molar-refractivity contribution in [3.8, 4) is 16.9 Å². The fraction of sp³-hybridized carbons (Fsp3) is 0.219. The first-order valence-electron chi connectivity index (χ1n) is 13.2. The number of ether oxygens (including phenoxy) is 1. The molecule has 1 fully saturated rings. The number of rotatable bonds is 5. The smallest absolute Gasteiger partial charge is 0.329 e. The number of imidazole rings is 1. The molecule has 0 atom stereocenters. The number of pyridine rings is 2. The van der Waals surface area contributed by atoms with Crippen molar-refractivity contribution in [3.05, 3.63) is 101 Å². The predicted octanol–water partition coefficient (Wildman–Crippen LogP) is 6.74. The summed E-state index contributed by atoms with van der Waals surface area (Å²) in [4.78, 5) is 23.5. The molecule has 0 bridgehead atoms. The molecule has 3 aromatic carbocycles. The number of nitrogens with zero attached hydrogens (tertiary/aromatic N) is 4. The van der Waals surface area contributed by atoms with E-state index in [0.717, 1.165) is 81.0 Å². The molecule has 3 aromatic heterocycles. The zero-order chi connectivity index (χ0) is 25.6. The average molecular weight is 501 g/mol. The van der Waals surface area contributed by atoms with Gasteiger partial charge in [0.05, 0.1) is 41.9 Å². The van der Waals surface area contributed by atoms with Crippen molar-refractivity contribution < 1.29 is 4.74 Å². The molecule has 0 aliphatic heterocycles. The SMILES string of the molecule is COc1ccc(Cn2c(=O)n(C3CCCC3)c3cnc4ccc(-c5cnc6ccccc6c5)cc4c32)cc1. The van der Waals surface area contributed by atoms with Crippen LogP contribution >= 0.6 is 0 Å². The van der Waals surface area contributed by atoms with Crippen LogP contribution in [0.15, 0.2) is 90.0 Å². The van der Waals surface area contributed by atoms with Crippen molar-refractivity contribution >= 4 is 32.8 Å². The van der Waals surface area contributed by atoms with E-state index in [1.165, 1.54) is 0 Å². The molecule has 0 saturated heterocycles. The minimum Gasteiger partial charge on any atom is -0.497 e. The van der Waals surface area contributed by atoms with Gasteiger partial charge < -0.3 is 4.74 Å². The van der Waals surface area contributed by atoms with Crippen LogP contribution in [0.2, 0.25) is 0 Å². The highest BCUT2D eigenvalue weighted by Gasteiger charge is 2.25. The van der Waals surface area contributed by atoms with Gasteiger partial charge in [0.1, 0.15) is 5.75 Å². The largest absolute Gasteiger partial charge is 0.497 e. The van der Waals surface area contributed by atoms with Crippen molar-refractivity contribution in [2.75, 3.05) is 7.11 Å². The third-order valence-electron chi connectivity index (χ3n) is 7.90. The number of fused-ring (bicyclic) bond motifs is 4. The number of para-hydroxylation sites is 1. The number of hydrogen-bond acceptors (Lipinski definition) is 4. The highest BCUT2D eigenvalue weighted by molar-refractivity contribution is 6.04. The lowest BCUT2D eigenvalue weighted by Crippen LogP contribution is -2.27. The summed E-state index contributed by atoms with van der Waals surface area (Å²) in [5, 5.41) is 2.08. The monoisotopic (exact) mass is 500 g/mol. The molecule has 6 nitrogen and oxygen atoms in total. The van der Waals surface area contributed by atoms with Crippen molar-refractivity contribution in [2.24, 2.45) is 0 Å². The summed E-state index contributed by atoms with van der Waals surface area (Å²) in [7, 11) is 1.66. The van der Waals surface area contributed by atoms with Gasteiger partial charge in [-0.25, -0.2) is 4.79 Å². The third-order valence-corrected chi connectivity index (χ3v) is 7.90. The van der Waals surface area contributed by atoms with Crippen LogP contribution in [-0.4, -0.2) is 26.2 Å². The van der Waals surface area contributed by atoms with Gasteiger partial charge in [-0.3, -0.25) is 19.1 Å². The van der Waals surface area contributed by atoms with Gasteiger partial charge >= 0.3 is 5.69 Å². The van der Waals surface area contributed by atoms with Gasteiger partial charge in [-0.05, 0) is 60.4 Å². The lowest BCUT2D eigenvalue weighted by Gasteiger charge is -2.11. The second kappa shape index (κ2) is 9.14. The zero-order valence-corrected chi connectivity index (χ0v) is 21.3. The minimum atomic E-state index is 0.0368. The van der Waals surface area contributed by atoms with Gasteiger partial charge in [-0.15, -0.1) is 0 Å². The van der Waals surface area contributed by atoms with Crippen LogP contribution in [0.25, 0.3) is 44.0 Å². The molecular formula is C32H28N4O2. The summed E-state index contributed by atoms with van der Waals surface area (Å²) in [6, 6.07) is 24.8. The Morgan fingerprint density at radius 2 is 1.66 bits per heavy atom. The summed E-state index contributed by atoms with van der Waals surface area (Å²) >= 11 is 0. The van der Waals surface area contributed by atoms with E-state index in [1.807, 2.05) is 64.0 Å². The van der Waals surface area contributed by atoms with Gasteiger partial charge in [0.25, 0.3) is 0 Å². The summed E-state index contributed by atoms with van der Waals surface area (Å²) in [5.74, 6) is 0.803. The van der Waals surface area contributed by atoms with E-state index in [0.29, 0.717) is 6.54 Å². The van der Waals surface area contributed by atoms with E-state index < -0.39 is 0 Å². The molecule has 1 aliphatic carbocycles. The van der Waals surface area contributed by atoms with Crippen LogP contribution in [0, 0.1) is 0 Å². The number of aromatic nitrogens is 4. The average Bonchev–Trinajstić information content (AvgIpc) is 3.59. The van der Waals surface area contributed by atoms with Gasteiger partial charge in [0.2, 0.25) is 0 Å². The minimum absolute atomic E-state index is 0.0368. The summed E-state index contributed by atoms with van der Waals surface area (Å²) in [6.07, 6.45) is 8.18. The number of methoxy groups -OCH3 is 1. The number of benzene rings is 3. The lowest BCUT2D eigenvalue weighted by atomic mass is 10.0. The highest BCUT2D eigenvalue weighted by atomic mass is 16.5. The molecule has 0 radical (unpaired) electrons. The standard InChI is InChI=1S/C32H28N4O2/c1-38-26-13-10-21(11-14-26)20-35-31-27-17-22(24-16-23-6-2-5-9-28(23)33-18-24)12-15-29(27)34-19-30(31)36(32(35)37)25-7-3-4-8-25/h2,5-6,9-19,25H,3-4,7-8,20H2,1H3. The second-order valence-electron chi connectivity index (χ2n) is 10.2. The third kappa shape index (κ3) is 3.76. The molecule has 3 heterocycles. The Kier molecular flexibility index (Phi) is 5.46. The quantitative estimate of drug-likeness (QED) is 0.263. The Balaban J connectivity index is 1.45. The molecule has 0 spiro atoms. The van der Waals surface area contributed by atoms with Crippen LogP contribution in [0.1, 0.15) is 37.3 Å². The van der Waals surface area contributed by atoms with Crippen LogP contribution in [-0.2, 0) is 6.54 Å². The highest BCUT2D eigenvalue weighted by Crippen LogP contribution is 2.34. The van der Waals surface area contributed by atoms with Crippen LogP contribution in [0.4, 0.5) is 0 Å². The first kappa shape index (κ1) is 22.7. The molecule has 6 heteroatoms. The van der Waals surface area contributed by atoms with Crippen molar-refractivity contribution in [2.45, 2.75) is 38.3 Å². The fourth-order valence-electron chi connectivity index (χ4n) is 5.94. The van der Waals surface area contributed by atoms with Crippen molar-refractivity contribution in [3.63, 3.8) is 0 Å². The summed E-state index contributed by atoms with van der Waals surface area (Å²) in [5.41, 5.74) is 6.90. The van der Waals surface area contributed by atoms with E-state index in [4.69, 9.17) is 9.72 Å². The van der Waals surface area contributed by atoms with Crippen LogP contribution in [0.3, 0.4) is 0 Å². The molecule has 188 valence electrons. The maximum Gasteiger partial charge on any atom is 0.329 e. The molecule has 1 saturated carbocycles. The van der Waals surface area contributed by atoms with Crippen LogP contribution < -0.4 is 10.4 Å². The van der Waals surface area contributed by atoms with Gasteiger partial charge in [0.15, 0.2) is 0 Å². The normalized spacial score (nSPS) is 14.1. The Bertz CT molecular complexity index is 1860. The van der Waals surface area contributed by atoms with Gasteiger partial charge in [-0.1, -0.05) is 49.2 Å². The fourth-order valence-corrected chi connectivity index (χ4v) is 5.94. The molecule has 38 heavy (non-hydrogen) atoms. The molecule has 0 amide bonds. The van der Waals surface area contributed by atoms with Crippen molar-refractivity contribution in [1.82, 2.24) is 19.1 Å². The van der Waals surface area contributed by atoms with E-state index in [-0.39, 0.29) is 11.7 Å². The van der Waals surface area contributed by atoms with E-state index in [2.05, 4.69) is 35.3 Å². The molecular weight excluding hydrogens is 472 g/mol. The number of hydrogen-bond donors (Lipinski definition) is 0. The molecule has 0 N–H and O–H groups in total. The topological polar surface area (TPSA) is 61.9 Å². The van der Waals surface area contributed by atoms with Crippen LogP contribution in [0.5, 0.6) is 5.75 Å².